The van der Waals surface area contributed by atoms with Crippen LogP contribution in [0.5, 0.6) is 0 Å². The molecule has 90 valence electrons. The molecular weight excluding hydrogens is 238 g/mol. The summed E-state index contributed by atoms with van der Waals surface area (Å²) in [7, 11) is 4.17. The molecule has 0 aromatic carbocycles. The van der Waals surface area contributed by atoms with Crippen molar-refractivity contribution in [1.82, 2.24) is 4.90 Å². The van der Waals surface area contributed by atoms with E-state index in [2.05, 4.69) is 19.0 Å². The first-order chi connectivity index (χ1) is 7.70. The lowest BCUT2D eigenvalue weighted by molar-refractivity contribution is 0.0986. The van der Waals surface area contributed by atoms with E-state index in [1.165, 1.54) is 0 Å². The minimum absolute atomic E-state index is 0.295. The molecular formula is C12H19NOS2. The highest BCUT2D eigenvalue weighted by Crippen LogP contribution is 2.13. The molecule has 0 aliphatic heterocycles. The average Bonchev–Trinajstić information content (AvgIpc) is 2.75. The summed E-state index contributed by atoms with van der Waals surface area (Å²) >= 11 is 3.47. The Balaban J connectivity index is 2.01. The zero-order valence-corrected chi connectivity index (χ0v) is 11.6. The second-order valence-electron chi connectivity index (χ2n) is 3.92. The van der Waals surface area contributed by atoms with E-state index in [0.29, 0.717) is 12.2 Å². The Labute approximate surface area is 106 Å². The Morgan fingerprint density at radius 3 is 2.88 bits per heavy atom. The van der Waals surface area contributed by atoms with Crippen molar-refractivity contribution in [3.05, 3.63) is 22.4 Å². The van der Waals surface area contributed by atoms with Crippen LogP contribution in [0.25, 0.3) is 0 Å². The monoisotopic (exact) mass is 257 g/mol. The number of hydrogen-bond acceptors (Lipinski definition) is 4. The highest BCUT2D eigenvalue weighted by Gasteiger charge is 2.05. The van der Waals surface area contributed by atoms with Gasteiger partial charge in [0.2, 0.25) is 0 Å². The molecule has 0 fully saturated rings. The summed E-state index contributed by atoms with van der Waals surface area (Å²) in [4.78, 5) is 14.7. The van der Waals surface area contributed by atoms with E-state index < -0.39 is 0 Å². The fraction of sp³-hybridized carbons (Fsp3) is 0.583. The Bertz CT molecular complexity index is 296. The van der Waals surface area contributed by atoms with Crippen LogP contribution in [0.4, 0.5) is 0 Å². The number of ketones is 1. The number of rotatable bonds is 8. The molecule has 1 heterocycles. The summed E-state index contributed by atoms with van der Waals surface area (Å²) in [6, 6.07) is 3.84. The molecule has 0 bridgehead atoms. The lowest BCUT2D eigenvalue weighted by Gasteiger charge is -2.08. The molecule has 2 nitrogen and oxygen atoms in total. The zero-order valence-electron chi connectivity index (χ0n) is 9.94. The second kappa shape index (κ2) is 7.87. The van der Waals surface area contributed by atoms with Gasteiger partial charge in [0, 0.05) is 18.7 Å². The highest BCUT2D eigenvalue weighted by atomic mass is 32.2. The van der Waals surface area contributed by atoms with E-state index in [4.69, 9.17) is 0 Å². The van der Waals surface area contributed by atoms with Gasteiger partial charge in [-0.15, -0.1) is 11.3 Å². The minimum atomic E-state index is 0.295. The maximum atomic E-state index is 11.6. The Morgan fingerprint density at radius 1 is 1.44 bits per heavy atom. The number of thiophene rings is 1. The zero-order chi connectivity index (χ0) is 11.8. The van der Waals surface area contributed by atoms with E-state index in [1.54, 1.807) is 11.3 Å². The van der Waals surface area contributed by atoms with Crippen LogP contribution in [0, 0.1) is 0 Å². The number of thioether (sulfide) groups is 1. The van der Waals surface area contributed by atoms with E-state index in [-0.39, 0.29) is 0 Å². The van der Waals surface area contributed by atoms with Gasteiger partial charge < -0.3 is 4.90 Å². The smallest absolute Gasteiger partial charge is 0.172 e. The summed E-state index contributed by atoms with van der Waals surface area (Å²) in [5, 5.41) is 1.96. The van der Waals surface area contributed by atoms with Crippen LogP contribution >= 0.6 is 23.1 Å². The minimum Gasteiger partial charge on any atom is -0.309 e. The fourth-order valence-electron chi connectivity index (χ4n) is 1.24. The van der Waals surface area contributed by atoms with E-state index >= 15 is 0 Å². The van der Waals surface area contributed by atoms with E-state index in [0.717, 1.165) is 29.3 Å². The predicted molar refractivity (Wildman–Crippen MR) is 73.8 cm³/mol. The lowest BCUT2D eigenvalue weighted by Crippen LogP contribution is -2.15. The van der Waals surface area contributed by atoms with Gasteiger partial charge >= 0.3 is 0 Å². The van der Waals surface area contributed by atoms with Gasteiger partial charge in [-0.25, -0.2) is 0 Å². The molecule has 0 spiro atoms. The van der Waals surface area contributed by atoms with Crippen molar-refractivity contribution >= 4 is 28.9 Å². The normalized spacial score (nSPS) is 10.9. The molecule has 0 radical (unpaired) electrons. The SMILES string of the molecule is CN(C)CCSCCCC(=O)c1cccs1. The molecule has 1 aromatic rings. The topological polar surface area (TPSA) is 20.3 Å². The summed E-state index contributed by atoms with van der Waals surface area (Å²) in [6.07, 6.45) is 1.68. The molecule has 0 aliphatic carbocycles. The first-order valence-corrected chi connectivity index (χ1v) is 7.53. The van der Waals surface area contributed by atoms with Crippen LogP contribution < -0.4 is 0 Å². The van der Waals surface area contributed by atoms with Crippen LogP contribution in [0.2, 0.25) is 0 Å². The van der Waals surface area contributed by atoms with Gasteiger partial charge in [-0.3, -0.25) is 4.79 Å². The van der Waals surface area contributed by atoms with Crippen LogP contribution in [0.1, 0.15) is 22.5 Å². The summed E-state index contributed by atoms with van der Waals surface area (Å²) in [6.45, 7) is 1.11. The Hall–Kier alpha value is -0.320. The fourth-order valence-corrected chi connectivity index (χ4v) is 2.99. The molecule has 0 amide bonds. The number of hydrogen-bond donors (Lipinski definition) is 0. The maximum Gasteiger partial charge on any atom is 0.172 e. The standard InChI is InChI=1S/C12H19NOS2/c1-13(2)7-10-15-8-3-5-11(14)12-6-4-9-16-12/h4,6,9H,3,5,7-8,10H2,1-2H3. The summed E-state index contributed by atoms with van der Waals surface area (Å²) in [5.41, 5.74) is 0. The predicted octanol–water partition coefficient (Wildman–Crippen LogP) is 3.01. The van der Waals surface area contributed by atoms with Crippen LogP contribution in [-0.4, -0.2) is 42.8 Å². The van der Waals surface area contributed by atoms with Gasteiger partial charge in [0.25, 0.3) is 0 Å². The molecule has 0 saturated carbocycles. The van der Waals surface area contributed by atoms with Gasteiger partial charge in [0.05, 0.1) is 4.88 Å². The van der Waals surface area contributed by atoms with Gasteiger partial charge in [0.1, 0.15) is 0 Å². The van der Waals surface area contributed by atoms with Crippen molar-refractivity contribution in [3.8, 4) is 0 Å². The third kappa shape index (κ3) is 5.68. The van der Waals surface area contributed by atoms with Crippen LogP contribution in [0.3, 0.4) is 0 Å². The molecule has 0 N–H and O–H groups in total. The lowest BCUT2D eigenvalue weighted by atomic mass is 10.2. The van der Waals surface area contributed by atoms with Gasteiger partial charge in [-0.2, -0.15) is 11.8 Å². The summed E-state index contributed by atoms with van der Waals surface area (Å²) < 4.78 is 0. The molecule has 1 aromatic heterocycles. The second-order valence-corrected chi connectivity index (χ2v) is 6.09. The van der Waals surface area contributed by atoms with E-state index in [9.17, 15) is 4.79 Å². The number of Topliss-reactive ketones (excluding diaryl/α,β-unsaturated/α-hetero) is 1. The first kappa shape index (κ1) is 13.7. The van der Waals surface area contributed by atoms with Gasteiger partial charge in [-0.05, 0) is 37.7 Å². The highest BCUT2D eigenvalue weighted by molar-refractivity contribution is 7.99. The number of carbonyl (C=O) groups is 1. The van der Waals surface area contributed by atoms with Gasteiger partial charge in [0.15, 0.2) is 5.78 Å². The van der Waals surface area contributed by atoms with Gasteiger partial charge in [-0.1, -0.05) is 6.07 Å². The molecule has 0 saturated heterocycles. The molecule has 16 heavy (non-hydrogen) atoms. The van der Waals surface area contributed by atoms with Crippen LogP contribution in [0.15, 0.2) is 17.5 Å². The van der Waals surface area contributed by atoms with E-state index in [1.807, 2.05) is 29.3 Å². The number of carbonyl (C=O) groups excluding carboxylic acids is 1. The van der Waals surface area contributed by atoms with Crippen molar-refractivity contribution in [1.29, 1.82) is 0 Å². The Kier molecular flexibility index (Phi) is 6.76. The van der Waals surface area contributed by atoms with Crippen molar-refractivity contribution in [3.63, 3.8) is 0 Å². The van der Waals surface area contributed by atoms with Crippen molar-refractivity contribution in [2.45, 2.75) is 12.8 Å². The number of nitrogens with zero attached hydrogens (tertiary/aromatic N) is 1. The van der Waals surface area contributed by atoms with Crippen molar-refractivity contribution < 1.29 is 4.79 Å². The molecule has 0 unspecified atom stereocenters. The average molecular weight is 257 g/mol. The molecule has 1 rings (SSSR count). The van der Waals surface area contributed by atoms with Crippen molar-refractivity contribution in [2.75, 3.05) is 32.1 Å². The summed E-state index contributed by atoms with van der Waals surface area (Å²) in [5.74, 6) is 2.54. The molecule has 4 heteroatoms. The maximum absolute atomic E-state index is 11.6. The Morgan fingerprint density at radius 2 is 2.25 bits per heavy atom. The third-order valence-corrected chi connectivity index (χ3v) is 4.13. The molecule has 0 atom stereocenters. The van der Waals surface area contributed by atoms with Crippen molar-refractivity contribution in [2.24, 2.45) is 0 Å². The third-order valence-electron chi connectivity index (χ3n) is 2.17. The molecule has 0 aliphatic rings. The first-order valence-electron chi connectivity index (χ1n) is 5.49. The largest absolute Gasteiger partial charge is 0.309 e. The quantitative estimate of drug-likeness (QED) is 0.527. The van der Waals surface area contributed by atoms with Crippen LogP contribution in [-0.2, 0) is 0 Å².